The van der Waals surface area contributed by atoms with Crippen molar-refractivity contribution in [1.82, 2.24) is 4.98 Å². The van der Waals surface area contributed by atoms with Gasteiger partial charge in [-0.2, -0.15) is 0 Å². The van der Waals surface area contributed by atoms with Gasteiger partial charge in [0.1, 0.15) is 0 Å². The van der Waals surface area contributed by atoms with E-state index in [2.05, 4.69) is 9.72 Å². The van der Waals surface area contributed by atoms with Crippen LogP contribution in [-0.2, 0) is 6.54 Å². The molecule has 0 aromatic carbocycles. The van der Waals surface area contributed by atoms with Crippen molar-refractivity contribution in [3.63, 3.8) is 0 Å². The SMILES string of the molecule is Cc1c(OC(F)(F)F)ncc(C(F)F)c1CN. The van der Waals surface area contributed by atoms with Crippen LogP contribution in [-0.4, -0.2) is 11.3 Å². The Morgan fingerprint density at radius 3 is 2.41 bits per heavy atom. The van der Waals surface area contributed by atoms with Gasteiger partial charge in [0.25, 0.3) is 6.43 Å². The predicted octanol–water partition coefficient (Wildman–Crippen LogP) is 2.68. The number of ether oxygens (including phenoxy) is 1. The molecule has 0 saturated heterocycles. The fourth-order valence-corrected chi connectivity index (χ4v) is 1.32. The van der Waals surface area contributed by atoms with E-state index in [1.165, 1.54) is 6.92 Å². The lowest BCUT2D eigenvalue weighted by Gasteiger charge is -2.15. The smallest absolute Gasteiger partial charge is 0.388 e. The number of hydrogen-bond acceptors (Lipinski definition) is 3. The zero-order valence-corrected chi connectivity index (χ0v) is 8.68. The van der Waals surface area contributed by atoms with Gasteiger partial charge in [-0.3, -0.25) is 0 Å². The Labute approximate surface area is 93.4 Å². The van der Waals surface area contributed by atoms with Gasteiger partial charge < -0.3 is 10.5 Å². The minimum Gasteiger partial charge on any atom is -0.388 e. The summed E-state index contributed by atoms with van der Waals surface area (Å²) in [7, 11) is 0. The highest BCUT2D eigenvalue weighted by atomic mass is 19.4. The molecule has 1 aromatic heterocycles. The molecule has 0 saturated carbocycles. The first-order valence-corrected chi connectivity index (χ1v) is 4.48. The van der Waals surface area contributed by atoms with E-state index in [1.807, 2.05) is 0 Å². The summed E-state index contributed by atoms with van der Waals surface area (Å²) in [6, 6.07) is 0. The number of rotatable bonds is 3. The van der Waals surface area contributed by atoms with Gasteiger partial charge in [0, 0.05) is 23.9 Å². The van der Waals surface area contributed by atoms with E-state index in [0.29, 0.717) is 6.20 Å². The summed E-state index contributed by atoms with van der Waals surface area (Å²) in [6.07, 6.45) is -7.13. The second kappa shape index (κ2) is 4.82. The first kappa shape index (κ1) is 13.6. The Balaban J connectivity index is 3.20. The number of nitrogens with two attached hydrogens (primary N) is 1. The molecule has 0 spiro atoms. The Bertz CT molecular complexity index is 405. The van der Waals surface area contributed by atoms with Crippen LogP contribution in [0.3, 0.4) is 0 Å². The molecule has 3 nitrogen and oxygen atoms in total. The quantitative estimate of drug-likeness (QED) is 0.846. The minimum atomic E-state index is -4.92. The summed E-state index contributed by atoms with van der Waals surface area (Å²) in [5, 5.41) is 0. The van der Waals surface area contributed by atoms with Gasteiger partial charge in [-0.25, -0.2) is 13.8 Å². The number of aromatic nitrogens is 1. The molecule has 1 aromatic rings. The molecule has 0 aliphatic rings. The molecular formula is C9H9F5N2O. The van der Waals surface area contributed by atoms with Crippen molar-refractivity contribution < 1.29 is 26.7 Å². The van der Waals surface area contributed by atoms with Crippen molar-refractivity contribution in [2.24, 2.45) is 5.73 Å². The lowest BCUT2D eigenvalue weighted by molar-refractivity contribution is -0.276. The molecule has 0 unspecified atom stereocenters. The van der Waals surface area contributed by atoms with E-state index >= 15 is 0 Å². The molecule has 0 amide bonds. The van der Waals surface area contributed by atoms with Crippen molar-refractivity contribution in [3.05, 3.63) is 22.9 Å². The van der Waals surface area contributed by atoms with Gasteiger partial charge in [-0.1, -0.05) is 0 Å². The van der Waals surface area contributed by atoms with Gasteiger partial charge in [0.2, 0.25) is 5.88 Å². The average molecular weight is 256 g/mol. The van der Waals surface area contributed by atoms with E-state index in [0.717, 1.165) is 0 Å². The molecule has 2 N–H and O–H groups in total. The largest absolute Gasteiger partial charge is 0.574 e. The lowest BCUT2D eigenvalue weighted by Crippen LogP contribution is -2.20. The maximum absolute atomic E-state index is 12.5. The van der Waals surface area contributed by atoms with E-state index in [4.69, 9.17) is 5.73 Å². The van der Waals surface area contributed by atoms with Crippen LogP contribution in [0.25, 0.3) is 0 Å². The molecule has 0 bridgehead atoms. The van der Waals surface area contributed by atoms with Crippen molar-refractivity contribution in [2.45, 2.75) is 26.3 Å². The Morgan fingerprint density at radius 2 is 2.00 bits per heavy atom. The highest BCUT2D eigenvalue weighted by Crippen LogP contribution is 2.31. The van der Waals surface area contributed by atoms with Crippen LogP contribution >= 0.6 is 0 Å². The highest BCUT2D eigenvalue weighted by molar-refractivity contribution is 5.39. The van der Waals surface area contributed by atoms with E-state index in [1.54, 1.807) is 0 Å². The van der Waals surface area contributed by atoms with Crippen molar-refractivity contribution in [1.29, 1.82) is 0 Å². The average Bonchev–Trinajstić information content (AvgIpc) is 2.18. The summed E-state index contributed by atoms with van der Waals surface area (Å²) in [5.74, 6) is -0.762. The summed E-state index contributed by atoms with van der Waals surface area (Å²) in [6.45, 7) is 0.879. The molecule has 0 radical (unpaired) electrons. The molecule has 8 heteroatoms. The van der Waals surface area contributed by atoms with E-state index in [9.17, 15) is 22.0 Å². The number of alkyl halides is 5. The van der Waals surface area contributed by atoms with Crippen LogP contribution in [0.2, 0.25) is 0 Å². The second-order valence-corrected chi connectivity index (χ2v) is 3.17. The Morgan fingerprint density at radius 1 is 1.41 bits per heavy atom. The van der Waals surface area contributed by atoms with Crippen LogP contribution in [0, 0.1) is 6.92 Å². The first-order valence-electron chi connectivity index (χ1n) is 4.48. The topological polar surface area (TPSA) is 48.1 Å². The predicted molar refractivity (Wildman–Crippen MR) is 48.5 cm³/mol. The zero-order valence-electron chi connectivity index (χ0n) is 8.68. The third kappa shape index (κ3) is 3.26. The molecule has 1 rings (SSSR count). The molecule has 0 atom stereocenters. The minimum absolute atomic E-state index is 0.0887. The molecule has 0 aliphatic carbocycles. The first-order chi connectivity index (χ1) is 7.76. The van der Waals surface area contributed by atoms with Gasteiger partial charge in [0.05, 0.1) is 0 Å². The summed E-state index contributed by atoms with van der Waals surface area (Å²) in [5.41, 5.74) is 4.51. The van der Waals surface area contributed by atoms with Crippen LogP contribution in [0.5, 0.6) is 5.88 Å². The van der Waals surface area contributed by atoms with Gasteiger partial charge in [-0.15, -0.1) is 13.2 Å². The summed E-state index contributed by atoms with van der Waals surface area (Å²) in [4.78, 5) is 3.22. The van der Waals surface area contributed by atoms with Crippen LogP contribution in [0.1, 0.15) is 23.1 Å². The monoisotopic (exact) mass is 256 g/mol. The zero-order chi connectivity index (χ0) is 13.2. The van der Waals surface area contributed by atoms with Crippen LogP contribution in [0.4, 0.5) is 22.0 Å². The summed E-state index contributed by atoms with van der Waals surface area (Å²) >= 11 is 0. The standard InChI is InChI=1S/C9H9F5N2O/c1-4-5(2-15)6(7(10)11)3-16-8(4)17-9(12,13)14/h3,7H,2,15H2,1H3. The second-order valence-electron chi connectivity index (χ2n) is 3.17. The third-order valence-corrected chi connectivity index (χ3v) is 2.09. The highest BCUT2D eigenvalue weighted by Gasteiger charge is 2.33. The number of hydrogen-bond donors (Lipinski definition) is 1. The molecule has 0 fully saturated rings. The maximum atomic E-state index is 12.5. The molecule has 17 heavy (non-hydrogen) atoms. The molecule has 1 heterocycles. The molecular weight excluding hydrogens is 247 g/mol. The van der Waals surface area contributed by atoms with Crippen molar-refractivity contribution in [2.75, 3.05) is 0 Å². The third-order valence-electron chi connectivity index (χ3n) is 2.09. The Kier molecular flexibility index (Phi) is 3.87. The number of pyridine rings is 1. The maximum Gasteiger partial charge on any atom is 0.574 e. The van der Waals surface area contributed by atoms with Crippen molar-refractivity contribution >= 4 is 0 Å². The number of halogens is 5. The van der Waals surface area contributed by atoms with E-state index in [-0.39, 0.29) is 17.7 Å². The van der Waals surface area contributed by atoms with Gasteiger partial charge >= 0.3 is 6.36 Å². The van der Waals surface area contributed by atoms with Gasteiger partial charge in [-0.05, 0) is 12.5 Å². The lowest BCUT2D eigenvalue weighted by atomic mass is 10.1. The normalized spacial score (nSPS) is 12.0. The van der Waals surface area contributed by atoms with Gasteiger partial charge in [0.15, 0.2) is 0 Å². The summed E-state index contributed by atoms with van der Waals surface area (Å²) < 4.78 is 64.5. The van der Waals surface area contributed by atoms with Crippen LogP contribution < -0.4 is 10.5 Å². The van der Waals surface area contributed by atoms with E-state index < -0.39 is 24.2 Å². The fraction of sp³-hybridized carbons (Fsp3) is 0.444. The van der Waals surface area contributed by atoms with Crippen molar-refractivity contribution in [3.8, 4) is 5.88 Å². The molecule has 96 valence electrons. The molecule has 0 aliphatic heterocycles. The Hall–Kier alpha value is -1.44. The fourth-order valence-electron chi connectivity index (χ4n) is 1.32. The number of nitrogens with zero attached hydrogens (tertiary/aromatic N) is 1. The van der Waals surface area contributed by atoms with Crippen LogP contribution in [0.15, 0.2) is 6.20 Å².